The number of halogens is 1. The molecule has 0 aliphatic carbocycles. The number of anilines is 1. The van der Waals surface area contributed by atoms with Gasteiger partial charge in [-0.05, 0) is 39.7 Å². The first-order chi connectivity index (χ1) is 7.69. The molecule has 0 unspecified atom stereocenters. The zero-order chi connectivity index (χ0) is 11.5. The van der Waals surface area contributed by atoms with Crippen LogP contribution in [0.2, 0.25) is 0 Å². The van der Waals surface area contributed by atoms with Crippen molar-refractivity contribution >= 4 is 21.7 Å². The molecule has 2 N–H and O–H groups in total. The first kappa shape index (κ1) is 11.0. The van der Waals surface area contributed by atoms with Crippen LogP contribution in [0.15, 0.2) is 34.9 Å². The molecule has 4 nitrogen and oxygen atoms in total. The molecule has 84 valence electrons. The van der Waals surface area contributed by atoms with Gasteiger partial charge >= 0.3 is 0 Å². The van der Waals surface area contributed by atoms with E-state index in [0.717, 1.165) is 15.8 Å². The van der Waals surface area contributed by atoms with E-state index in [9.17, 15) is 0 Å². The molecule has 0 bridgehead atoms. The molecule has 0 spiro atoms. The maximum atomic E-state index is 5.55. The summed E-state index contributed by atoms with van der Waals surface area (Å²) >= 11 is 3.45. The van der Waals surface area contributed by atoms with Gasteiger partial charge in [-0.1, -0.05) is 6.07 Å². The van der Waals surface area contributed by atoms with E-state index in [1.54, 1.807) is 17.9 Å². The third kappa shape index (κ3) is 2.36. The summed E-state index contributed by atoms with van der Waals surface area (Å²) in [5.74, 6) is 1.36. The normalized spacial score (nSPS) is 10.4. The van der Waals surface area contributed by atoms with E-state index in [2.05, 4.69) is 21.0 Å². The average molecular weight is 282 g/mol. The predicted molar refractivity (Wildman–Crippen MR) is 66.4 cm³/mol. The van der Waals surface area contributed by atoms with Crippen molar-refractivity contribution in [3.8, 4) is 5.75 Å². The van der Waals surface area contributed by atoms with Gasteiger partial charge in [-0.2, -0.15) is 5.10 Å². The molecule has 0 radical (unpaired) electrons. The zero-order valence-electron chi connectivity index (χ0n) is 8.85. The second-order valence-electron chi connectivity index (χ2n) is 3.41. The molecular formula is C11H12BrN3O. The molecule has 1 aromatic carbocycles. The van der Waals surface area contributed by atoms with Crippen molar-refractivity contribution < 1.29 is 4.74 Å². The number of aromatic nitrogens is 2. The number of rotatable bonds is 3. The number of nitrogen functional groups attached to an aromatic ring is 1. The fourth-order valence-electron chi connectivity index (χ4n) is 1.46. The highest BCUT2D eigenvalue weighted by Crippen LogP contribution is 2.25. The van der Waals surface area contributed by atoms with Crippen LogP contribution in [0.4, 0.5) is 5.82 Å². The second-order valence-corrected chi connectivity index (χ2v) is 4.26. The van der Waals surface area contributed by atoms with Crippen LogP contribution in [0, 0.1) is 0 Å². The summed E-state index contributed by atoms with van der Waals surface area (Å²) in [4.78, 5) is 0. The van der Waals surface area contributed by atoms with Crippen LogP contribution in [-0.4, -0.2) is 16.9 Å². The molecule has 16 heavy (non-hydrogen) atoms. The number of hydrogen-bond acceptors (Lipinski definition) is 3. The third-order valence-electron chi connectivity index (χ3n) is 2.22. The summed E-state index contributed by atoms with van der Waals surface area (Å²) in [7, 11) is 1.65. The molecule has 2 aromatic rings. The Morgan fingerprint density at radius 1 is 1.44 bits per heavy atom. The Hall–Kier alpha value is -1.49. The van der Waals surface area contributed by atoms with E-state index < -0.39 is 0 Å². The SMILES string of the molecule is COc1ccc(Cn2ccc(N)n2)cc1Br. The molecular weight excluding hydrogens is 270 g/mol. The molecule has 5 heteroatoms. The average Bonchev–Trinajstić information content (AvgIpc) is 2.64. The van der Waals surface area contributed by atoms with E-state index >= 15 is 0 Å². The minimum absolute atomic E-state index is 0.535. The smallest absolute Gasteiger partial charge is 0.145 e. The Morgan fingerprint density at radius 3 is 2.81 bits per heavy atom. The second kappa shape index (κ2) is 4.57. The monoisotopic (exact) mass is 281 g/mol. The third-order valence-corrected chi connectivity index (χ3v) is 2.84. The van der Waals surface area contributed by atoms with E-state index in [0.29, 0.717) is 12.4 Å². The largest absolute Gasteiger partial charge is 0.496 e. The summed E-state index contributed by atoms with van der Waals surface area (Å²) in [6.45, 7) is 0.694. The molecule has 0 saturated carbocycles. The number of benzene rings is 1. The van der Waals surface area contributed by atoms with Crippen LogP contribution in [0.25, 0.3) is 0 Å². The first-order valence-corrected chi connectivity index (χ1v) is 5.59. The lowest BCUT2D eigenvalue weighted by Crippen LogP contribution is -2.01. The van der Waals surface area contributed by atoms with Gasteiger partial charge in [-0.3, -0.25) is 4.68 Å². The van der Waals surface area contributed by atoms with Crippen LogP contribution < -0.4 is 10.5 Å². The molecule has 0 atom stereocenters. The van der Waals surface area contributed by atoms with Gasteiger partial charge in [0.05, 0.1) is 18.1 Å². The molecule has 0 saturated heterocycles. The van der Waals surface area contributed by atoms with Crippen molar-refractivity contribution in [3.05, 3.63) is 40.5 Å². The van der Waals surface area contributed by atoms with Crippen LogP contribution >= 0.6 is 15.9 Å². The van der Waals surface area contributed by atoms with Gasteiger partial charge in [0.15, 0.2) is 0 Å². The standard InChI is InChI=1S/C11H12BrN3O/c1-16-10-3-2-8(6-9(10)12)7-15-5-4-11(13)14-15/h2-6H,7H2,1H3,(H2,13,14). The van der Waals surface area contributed by atoms with Crippen molar-refractivity contribution in [1.29, 1.82) is 0 Å². The predicted octanol–water partition coefficient (Wildman–Crippen LogP) is 2.28. The Bertz CT molecular complexity index is 496. The molecule has 0 aliphatic heterocycles. The number of nitrogens with two attached hydrogens (primary N) is 1. The van der Waals surface area contributed by atoms with E-state index in [-0.39, 0.29) is 0 Å². The van der Waals surface area contributed by atoms with Gasteiger partial charge < -0.3 is 10.5 Å². The first-order valence-electron chi connectivity index (χ1n) is 4.80. The van der Waals surface area contributed by atoms with Gasteiger partial charge in [0.1, 0.15) is 11.6 Å². The van der Waals surface area contributed by atoms with Crippen LogP contribution in [0.5, 0.6) is 5.75 Å². The Balaban J connectivity index is 2.19. The lowest BCUT2D eigenvalue weighted by atomic mass is 10.2. The molecule has 0 amide bonds. The van der Waals surface area contributed by atoms with E-state index in [4.69, 9.17) is 10.5 Å². The van der Waals surface area contributed by atoms with Crippen molar-refractivity contribution in [1.82, 2.24) is 9.78 Å². The fourth-order valence-corrected chi connectivity index (χ4v) is 2.05. The van der Waals surface area contributed by atoms with Gasteiger partial charge in [0.2, 0.25) is 0 Å². The van der Waals surface area contributed by atoms with Crippen LogP contribution in [0.3, 0.4) is 0 Å². The van der Waals surface area contributed by atoms with Crippen molar-refractivity contribution in [2.75, 3.05) is 12.8 Å². The van der Waals surface area contributed by atoms with Gasteiger partial charge in [0, 0.05) is 6.20 Å². The number of ether oxygens (including phenoxy) is 1. The van der Waals surface area contributed by atoms with E-state index in [1.807, 2.05) is 24.4 Å². The van der Waals surface area contributed by atoms with Gasteiger partial charge in [-0.15, -0.1) is 0 Å². The summed E-state index contributed by atoms with van der Waals surface area (Å²) in [5, 5.41) is 4.13. The molecule has 0 aliphatic rings. The molecule has 0 fully saturated rings. The molecule has 1 heterocycles. The number of methoxy groups -OCH3 is 1. The van der Waals surface area contributed by atoms with Gasteiger partial charge in [0.25, 0.3) is 0 Å². The van der Waals surface area contributed by atoms with Gasteiger partial charge in [-0.25, -0.2) is 0 Å². The minimum atomic E-state index is 0.535. The summed E-state index contributed by atoms with van der Waals surface area (Å²) in [6, 6.07) is 7.71. The van der Waals surface area contributed by atoms with Crippen LogP contribution in [0.1, 0.15) is 5.56 Å². The van der Waals surface area contributed by atoms with Crippen molar-refractivity contribution in [2.45, 2.75) is 6.54 Å². The molecule has 2 rings (SSSR count). The summed E-state index contributed by atoms with van der Waals surface area (Å²) < 4.78 is 7.90. The number of nitrogens with zero attached hydrogens (tertiary/aromatic N) is 2. The Kier molecular flexibility index (Phi) is 3.14. The fraction of sp³-hybridized carbons (Fsp3) is 0.182. The zero-order valence-corrected chi connectivity index (χ0v) is 10.4. The van der Waals surface area contributed by atoms with Crippen molar-refractivity contribution in [3.63, 3.8) is 0 Å². The summed E-state index contributed by atoms with van der Waals surface area (Å²) in [6.07, 6.45) is 1.85. The highest BCUT2D eigenvalue weighted by molar-refractivity contribution is 9.10. The highest BCUT2D eigenvalue weighted by Gasteiger charge is 2.02. The number of hydrogen-bond donors (Lipinski definition) is 1. The maximum Gasteiger partial charge on any atom is 0.145 e. The Morgan fingerprint density at radius 2 is 2.25 bits per heavy atom. The maximum absolute atomic E-state index is 5.55. The highest BCUT2D eigenvalue weighted by atomic mass is 79.9. The van der Waals surface area contributed by atoms with Crippen LogP contribution in [-0.2, 0) is 6.54 Å². The van der Waals surface area contributed by atoms with E-state index in [1.165, 1.54) is 0 Å². The summed E-state index contributed by atoms with van der Waals surface area (Å²) in [5.41, 5.74) is 6.68. The Labute approximate surface area is 102 Å². The quantitative estimate of drug-likeness (QED) is 0.939. The molecule has 1 aromatic heterocycles. The lowest BCUT2D eigenvalue weighted by molar-refractivity contribution is 0.412. The topological polar surface area (TPSA) is 53.1 Å². The lowest BCUT2D eigenvalue weighted by Gasteiger charge is -2.06. The minimum Gasteiger partial charge on any atom is -0.496 e. The van der Waals surface area contributed by atoms with Crippen molar-refractivity contribution in [2.24, 2.45) is 0 Å².